The molecule has 0 bridgehead atoms. The molecule has 0 aliphatic rings. The first kappa shape index (κ1) is 26.4. The molecule has 3 aromatic carbocycles. The average Bonchev–Trinajstić information content (AvgIpc) is 2.83. The number of aryl methyl sites for hydroxylation is 2. The number of benzene rings is 3. The predicted octanol–water partition coefficient (Wildman–Crippen LogP) is 5.05. The number of nitrogens with zero attached hydrogens (tertiary/aromatic N) is 1. The van der Waals surface area contributed by atoms with Gasteiger partial charge in [-0.1, -0.05) is 35.4 Å². The lowest BCUT2D eigenvalue weighted by Gasteiger charge is -2.27. The highest BCUT2D eigenvalue weighted by Gasteiger charge is 2.29. The summed E-state index contributed by atoms with van der Waals surface area (Å²) in [6.45, 7) is 4.99. The van der Waals surface area contributed by atoms with Crippen molar-refractivity contribution in [3.05, 3.63) is 82.4 Å². The first-order chi connectivity index (χ1) is 16.6. The molecular weight excluding hydrogens is 488 g/mol. The first-order valence-corrected chi connectivity index (χ1v) is 12.8. The van der Waals surface area contributed by atoms with E-state index >= 15 is 0 Å². The van der Waals surface area contributed by atoms with Gasteiger partial charge in [-0.25, -0.2) is 8.42 Å². The molecule has 0 radical (unpaired) electrons. The number of hydrogen-bond acceptors (Lipinski definition) is 5. The molecule has 3 rings (SSSR count). The van der Waals surface area contributed by atoms with Crippen molar-refractivity contribution >= 4 is 33.2 Å². The number of hydrogen-bond donors (Lipinski definition) is 1. The molecule has 0 spiro atoms. The molecule has 0 aliphatic heterocycles. The van der Waals surface area contributed by atoms with Crippen molar-refractivity contribution in [2.45, 2.75) is 31.7 Å². The van der Waals surface area contributed by atoms with Gasteiger partial charge in [0.05, 0.1) is 30.8 Å². The van der Waals surface area contributed by atoms with Crippen LogP contribution in [-0.4, -0.2) is 35.1 Å². The van der Waals surface area contributed by atoms with Gasteiger partial charge >= 0.3 is 0 Å². The van der Waals surface area contributed by atoms with Gasteiger partial charge in [0.15, 0.2) is 0 Å². The Balaban J connectivity index is 1.96. The summed E-state index contributed by atoms with van der Waals surface area (Å²) in [5, 5.41) is 3.24. The van der Waals surface area contributed by atoms with Crippen LogP contribution in [0.25, 0.3) is 0 Å². The monoisotopic (exact) mass is 516 g/mol. The molecule has 0 saturated carbocycles. The third-order valence-corrected chi connectivity index (χ3v) is 7.63. The quantitative estimate of drug-likeness (QED) is 0.430. The van der Waals surface area contributed by atoms with Crippen LogP contribution in [0.15, 0.2) is 65.6 Å². The maximum absolute atomic E-state index is 13.6. The van der Waals surface area contributed by atoms with Crippen LogP contribution in [0.2, 0.25) is 5.02 Å². The number of rotatable bonds is 9. The summed E-state index contributed by atoms with van der Waals surface area (Å²) in [5.41, 5.74) is 2.63. The smallest absolute Gasteiger partial charge is 0.264 e. The van der Waals surface area contributed by atoms with Crippen molar-refractivity contribution < 1.29 is 22.7 Å². The number of nitrogens with one attached hydrogen (secondary N) is 1. The number of ether oxygens (including phenoxy) is 2. The second kappa shape index (κ2) is 11.0. The molecule has 3 aromatic rings. The Bertz CT molecular complexity index is 1310. The fourth-order valence-electron chi connectivity index (χ4n) is 3.66. The highest BCUT2D eigenvalue weighted by atomic mass is 35.5. The Morgan fingerprint density at radius 1 is 1.00 bits per heavy atom. The van der Waals surface area contributed by atoms with E-state index in [4.69, 9.17) is 21.1 Å². The lowest BCUT2D eigenvalue weighted by atomic mass is 10.1. The van der Waals surface area contributed by atoms with Crippen molar-refractivity contribution in [3.63, 3.8) is 0 Å². The zero-order valence-electron chi connectivity index (χ0n) is 20.3. The van der Waals surface area contributed by atoms with Crippen LogP contribution in [0.1, 0.15) is 29.7 Å². The lowest BCUT2D eigenvalue weighted by molar-refractivity contribution is -0.120. The summed E-state index contributed by atoms with van der Waals surface area (Å²) in [6.07, 6.45) is 0. The van der Waals surface area contributed by atoms with E-state index in [0.717, 1.165) is 9.87 Å². The summed E-state index contributed by atoms with van der Waals surface area (Å²) < 4.78 is 39.1. The van der Waals surface area contributed by atoms with E-state index in [1.165, 1.54) is 19.2 Å². The number of carbonyl (C=O) groups is 1. The number of amides is 1. The van der Waals surface area contributed by atoms with Crippen LogP contribution in [0.4, 0.5) is 5.69 Å². The lowest BCUT2D eigenvalue weighted by Crippen LogP contribution is -2.42. The van der Waals surface area contributed by atoms with Crippen LogP contribution >= 0.6 is 11.6 Å². The van der Waals surface area contributed by atoms with Crippen molar-refractivity contribution in [2.75, 3.05) is 25.1 Å². The molecule has 0 unspecified atom stereocenters. The van der Waals surface area contributed by atoms with E-state index in [-0.39, 0.29) is 4.90 Å². The Kier molecular flexibility index (Phi) is 8.30. The zero-order chi connectivity index (χ0) is 25.8. The summed E-state index contributed by atoms with van der Waals surface area (Å²) in [6, 6.07) is 16.2. The summed E-state index contributed by atoms with van der Waals surface area (Å²) >= 11 is 6.19. The number of carbonyl (C=O) groups excluding carboxylic acids is 1. The predicted molar refractivity (Wildman–Crippen MR) is 138 cm³/mol. The van der Waals surface area contributed by atoms with E-state index in [1.54, 1.807) is 69.5 Å². The van der Waals surface area contributed by atoms with Gasteiger partial charge in [-0.05, 0) is 68.8 Å². The molecule has 186 valence electrons. The van der Waals surface area contributed by atoms with Gasteiger partial charge in [0.25, 0.3) is 10.0 Å². The average molecular weight is 517 g/mol. The molecule has 0 heterocycles. The molecule has 0 saturated heterocycles. The van der Waals surface area contributed by atoms with E-state index in [2.05, 4.69) is 5.32 Å². The van der Waals surface area contributed by atoms with Crippen LogP contribution in [0.3, 0.4) is 0 Å². The van der Waals surface area contributed by atoms with E-state index < -0.39 is 28.5 Å². The van der Waals surface area contributed by atoms with Crippen molar-refractivity contribution in [2.24, 2.45) is 0 Å². The van der Waals surface area contributed by atoms with Gasteiger partial charge < -0.3 is 14.8 Å². The maximum Gasteiger partial charge on any atom is 0.264 e. The SMILES string of the molecule is COc1ccc(OC)c([C@H](C)NC(=O)CN(c2cc(Cl)ccc2C)S(=O)(=O)c2ccc(C)cc2)c1. The van der Waals surface area contributed by atoms with E-state index in [9.17, 15) is 13.2 Å². The van der Waals surface area contributed by atoms with Crippen LogP contribution in [0.5, 0.6) is 11.5 Å². The molecule has 35 heavy (non-hydrogen) atoms. The van der Waals surface area contributed by atoms with E-state index in [0.29, 0.717) is 33.3 Å². The Morgan fingerprint density at radius 2 is 1.69 bits per heavy atom. The third-order valence-electron chi connectivity index (χ3n) is 5.62. The Hall–Kier alpha value is -3.23. The maximum atomic E-state index is 13.6. The van der Waals surface area contributed by atoms with Gasteiger partial charge in [0.2, 0.25) is 5.91 Å². The molecule has 1 N–H and O–H groups in total. The molecule has 7 nitrogen and oxygen atoms in total. The highest BCUT2D eigenvalue weighted by Crippen LogP contribution is 2.31. The first-order valence-electron chi connectivity index (χ1n) is 10.9. The summed E-state index contributed by atoms with van der Waals surface area (Å²) in [4.78, 5) is 13.3. The summed E-state index contributed by atoms with van der Waals surface area (Å²) in [5.74, 6) is 0.700. The second-order valence-electron chi connectivity index (χ2n) is 8.15. The second-order valence-corrected chi connectivity index (χ2v) is 10.5. The van der Waals surface area contributed by atoms with E-state index in [1.807, 2.05) is 6.92 Å². The number of methoxy groups -OCH3 is 2. The topological polar surface area (TPSA) is 84.9 Å². The van der Waals surface area contributed by atoms with Gasteiger partial charge in [0, 0.05) is 10.6 Å². The van der Waals surface area contributed by atoms with Gasteiger partial charge in [0.1, 0.15) is 18.0 Å². The number of halogens is 1. The molecule has 1 atom stereocenters. The van der Waals surface area contributed by atoms with Crippen LogP contribution < -0.4 is 19.1 Å². The van der Waals surface area contributed by atoms with Crippen LogP contribution in [-0.2, 0) is 14.8 Å². The standard InChI is InChI=1S/C26H29ClN2O5S/c1-17-6-11-22(12-7-17)35(31,32)29(24-14-20(27)9-8-18(24)2)16-26(30)28-19(3)23-15-21(33-4)10-13-25(23)34-5/h6-15,19H,16H2,1-5H3,(H,28,30)/t19-/m0/s1. The third kappa shape index (κ3) is 6.07. The molecule has 0 fully saturated rings. The minimum atomic E-state index is -4.06. The minimum absolute atomic E-state index is 0.0813. The van der Waals surface area contributed by atoms with Crippen molar-refractivity contribution in [1.29, 1.82) is 0 Å². The highest BCUT2D eigenvalue weighted by molar-refractivity contribution is 7.92. The zero-order valence-corrected chi connectivity index (χ0v) is 21.9. The molecule has 0 aromatic heterocycles. The molecular formula is C26H29ClN2O5S. The number of anilines is 1. The van der Waals surface area contributed by atoms with Gasteiger partial charge in [-0.2, -0.15) is 0 Å². The fourth-order valence-corrected chi connectivity index (χ4v) is 5.31. The molecule has 9 heteroatoms. The Labute approximate surface area is 211 Å². The largest absolute Gasteiger partial charge is 0.497 e. The van der Waals surface area contributed by atoms with Crippen molar-refractivity contribution in [3.8, 4) is 11.5 Å². The molecule has 0 aliphatic carbocycles. The number of sulfonamides is 1. The molecule has 1 amide bonds. The normalized spacial score (nSPS) is 12.1. The van der Waals surface area contributed by atoms with Gasteiger partial charge in [-0.3, -0.25) is 9.10 Å². The van der Waals surface area contributed by atoms with Gasteiger partial charge in [-0.15, -0.1) is 0 Å². The fraction of sp³-hybridized carbons (Fsp3) is 0.269. The Morgan fingerprint density at radius 3 is 2.31 bits per heavy atom. The summed E-state index contributed by atoms with van der Waals surface area (Å²) in [7, 11) is -0.969. The van der Waals surface area contributed by atoms with Crippen molar-refractivity contribution in [1.82, 2.24) is 5.32 Å². The minimum Gasteiger partial charge on any atom is -0.497 e. The van der Waals surface area contributed by atoms with Crippen LogP contribution in [0, 0.1) is 13.8 Å².